The SMILES string of the molecule is CCCCCCCNC(=O)Nc1cccc(-c2ccc(/C=C(\OC)C(=O)OC)cc2OCCCC)c1. The molecule has 0 saturated heterocycles. The van der Waals surface area contributed by atoms with Crippen molar-refractivity contribution in [1.82, 2.24) is 5.32 Å². The van der Waals surface area contributed by atoms with E-state index in [9.17, 15) is 9.59 Å². The van der Waals surface area contributed by atoms with Crippen molar-refractivity contribution >= 4 is 23.8 Å². The maximum absolute atomic E-state index is 12.3. The zero-order chi connectivity index (χ0) is 26.2. The largest absolute Gasteiger partial charge is 0.493 e. The molecule has 0 fully saturated rings. The van der Waals surface area contributed by atoms with E-state index in [1.165, 1.54) is 33.5 Å². The second-order valence-corrected chi connectivity index (χ2v) is 8.54. The number of hydrogen-bond donors (Lipinski definition) is 2. The number of carbonyl (C=O) groups excluding carboxylic acids is 2. The minimum Gasteiger partial charge on any atom is -0.493 e. The van der Waals surface area contributed by atoms with Crippen molar-refractivity contribution in [2.75, 3.05) is 32.7 Å². The van der Waals surface area contributed by atoms with Crippen molar-refractivity contribution < 1.29 is 23.8 Å². The third-order valence-corrected chi connectivity index (χ3v) is 5.66. The molecule has 2 amide bonds. The lowest BCUT2D eigenvalue weighted by Crippen LogP contribution is -2.29. The van der Waals surface area contributed by atoms with Gasteiger partial charge in [0.15, 0.2) is 0 Å². The van der Waals surface area contributed by atoms with E-state index in [-0.39, 0.29) is 11.8 Å². The summed E-state index contributed by atoms with van der Waals surface area (Å²) in [5.41, 5.74) is 3.25. The van der Waals surface area contributed by atoms with E-state index in [1.807, 2.05) is 42.5 Å². The molecule has 0 spiro atoms. The Morgan fingerprint density at radius 1 is 0.889 bits per heavy atom. The third kappa shape index (κ3) is 9.64. The lowest BCUT2D eigenvalue weighted by molar-refractivity contribution is -0.139. The molecule has 2 N–H and O–H groups in total. The first-order valence-electron chi connectivity index (χ1n) is 12.8. The standard InChI is InChI=1S/C29H40N2O5/c1-5-7-9-10-11-17-30-29(33)31-24-14-12-13-23(21-24)25-16-15-22(19-26(25)36-18-8-6-2)20-27(34-3)28(32)35-4/h12-16,19-21H,5-11,17-18H2,1-4H3,(H2,30,31,33)/b27-20-. The summed E-state index contributed by atoms with van der Waals surface area (Å²) < 4.78 is 16.0. The maximum Gasteiger partial charge on any atom is 0.373 e. The fraction of sp³-hybridized carbons (Fsp3) is 0.448. The Bertz CT molecular complexity index is 1000. The highest BCUT2D eigenvalue weighted by Gasteiger charge is 2.13. The van der Waals surface area contributed by atoms with E-state index in [4.69, 9.17) is 14.2 Å². The van der Waals surface area contributed by atoms with E-state index in [2.05, 4.69) is 24.5 Å². The predicted octanol–water partition coefficient (Wildman–Crippen LogP) is 6.78. The fourth-order valence-electron chi connectivity index (χ4n) is 3.64. The third-order valence-electron chi connectivity index (χ3n) is 5.66. The quantitative estimate of drug-likeness (QED) is 0.123. The molecule has 0 radical (unpaired) electrons. The first-order chi connectivity index (χ1) is 17.5. The number of hydrogen-bond acceptors (Lipinski definition) is 5. The molecule has 7 heteroatoms. The summed E-state index contributed by atoms with van der Waals surface area (Å²) in [5, 5.41) is 5.85. The topological polar surface area (TPSA) is 85.9 Å². The number of methoxy groups -OCH3 is 2. The average Bonchev–Trinajstić information content (AvgIpc) is 2.89. The van der Waals surface area contributed by atoms with Crippen LogP contribution < -0.4 is 15.4 Å². The van der Waals surface area contributed by atoms with Crippen LogP contribution in [0.3, 0.4) is 0 Å². The van der Waals surface area contributed by atoms with Gasteiger partial charge in [-0.25, -0.2) is 9.59 Å². The first kappa shape index (κ1) is 28.8. The number of benzene rings is 2. The number of nitrogens with one attached hydrogen (secondary N) is 2. The molecule has 2 aromatic rings. The molecule has 0 bridgehead atoms. The molecule has 0 aromatic heterocycles. The number of carbonyl (C=O) groups is 2. The summed E-state index contributed by atoms with van der Waals surface area (Å²) >= 11 is 0. The van der Waals surface area contributed by atoms with Gasteiger partial charge in [0.25, 0.3) is 0 Å². The van der Waals surface area contributed by atoms with Crippen molar-refractivity contribution in [2.24, 2.45) is 0 Å². The lowest BCUT2D eigenvalue weighted by Gasteiger charge is -2.14. The van der Waals surface area contributed by atoms with Gasteiger partial charge in [0.1, 0.15) is 5.75 Å². The van der Waals surface area contributed by atoms with Crippen LogP contribution in [-0.2, 0) is 14.3 Å². The van der Waals surface area contributed by atoms with Crippen LogP contribution in [0.1, 0.15) is 64.4 Å². The van der Waals surface area contributed by atoms with Gasteiger partial charge in [0.05, 0.1) is 20.8 Å². The molecule has 36 heavy (non-hydrogen) atoms. The zero-order valence-electron chi connectivity index (χ0n) is 22.0. The summed E-state index contributed by atoms with van der Waals surface area (Å²) in [6, 6.07) is 13.1. The molecule has 7 nitrogen and oxygen atoms in total. The highest BCUT2D eigenvalue weighted by Crippen LogP contribution is 2.33. The zero-order valence-corrected chi connectivity index (χ0v) is 22.0. The average molecular weight is 497 g/mol. The van der Waals surface area contributed by atoms with Crippen molar-refractivity contribution in [3.05, 3.63) is 53.8 Å². The molecule has 0 aliphatic heterocycles. The Labute approximate surface area is 215 Å². The van der Waals surface area contributed by atoms with Crippen molar-refractivity contribution in [3.63, 3.8) is 0 Å². The van der Waals surface area contributed by atoms with Gasteiger partial charge in [0.2, 0.25) is 5.76 Å². The Balaban J connectivity index is 2.19. The summed E-state index contributed by atoms with van der Waals surface area (Å²) in [5.74, 6) is 0.242. The van der Waals surface area contributed by atoms with Gasteiger partial charge < -0.3 is 24.8 Å². The van der Waals surface area contributed by atoms with E-state index in [1.54, 1.807) is 6.08 Å². The second-order valence-electron chi connectivity index (χ2n) is 8.54. The minimum absolute atomic E-state index is 0.104. The molecule has 0 saturated carbocycles. The van der Waals surface area contributed by atoms with Crippen LogP contribution in [0.4, 0.5) is 10.5 Å². The molecule has 0 aliphatic rings. The Morgan fingerprint density at radius 3 is 2.39 bits per heavy atom. The number of urea groups is 1. The summed E-state index contributed by atoms with van der Waals surface area (Å²) in [6.07, 6.45) is 9.30. The number of ether oxygens (including phenoxy) is 3. The number of rotatable bonds is 15. The van der Waals surface area contributed by atoms with Crippen LogP contribution in [0.25, 0.3) is 17.2 Å². The number of esters is 1. The van der Waals surface area contributed by atoms with Crippen LogP contribution in [0.15, 0.2) is 48.2 Å². The first-order valence-corrected chi connectivity index (χ1v) is 12.8. The fourth-order valence-corrected chi connectivity index (χ4v) is 3.64. The van der Waals surface area contributed by atoms with Gasteiger partial charge in [-0.3, -0.25) is 0 Å². The van der Waals surface area contributed by atoms with Gasteiger partial charge in [0, 0.05) is 17.8 Å². The second kappa shape index (κ2) is 16.2. The summed E-state index contributed by atoms with van der Waals surface area (Å²) in [7, 11) is 2.74. The van der Waals surface area contributed by atoms with E-state index < -0.39 is 5.97 Å². The van der Waals surface area contributed by atoms with Crippen molar-refractivity contribution in [2.45, 2.75) is 58.8 Å². The van der Waals surface area contributed by atoms with Gasteiger partial charge in [-0.2, -0.15) is 0 Å². The molecular weight excluding hydrogens is 456 g/mol. The molecule has 0 heterocycles. The number of anilines is 1. The lowest BCUT2D eigenvalue weighted by atomic mass is 10.0. The van der Waals surface area contributed by atoms with Gasteiger partial charge in [-0.1, -0.05) is 70.2 Å². The Hall–Kier alpha value is -3.48. The molecular formula is C29H40N2O5. The van der Waals surface area contributed by atoms with E-state index in [0.29, 0.717) is 24.6 Å². The number of unbranched alkanes of at least 4 members (excludes halogenated alkanes) is 5. The molecule has 0 aliphatic carbocycles. The van der Waals surface area contributed by atoms with Gasteiger partial charge in [-0.05, 0) is 48.2 Å². The molecule has 0 unspecified atom stereocenters. The molecule has 2 aromatic carbocycles. The highest BCUT2D eigenvalue weighted by molar-refractivity contribution is 5.92. The van der Waals surface area contributed by atoms with Crippen LogP contribution >= 0.6 is 0 Å². The monoisotopic (exact) mass is 496 g/mol. The normalized spacial score (nSPS) is 11.1. The van der Waals surface area contributed by atoms with Crippen molar-refractivity contribution in [3.8, 4) is 16.9 Å². The maximum atomic E-state index is 12.3. The summed E-state index contributed by atoms with van der Waals surface area (Å²) in [4.78, 5) is 24.2. The van der Waals surface area contributed by atoms with Gasteiger partial charge >= 0.3 is 12.0 Å². The van der Waals surface area contributed by atoms with Crippen LogP contribution in [0.2, 0.25) is 0 Å². The smallest absolute Gasteiger partial charge is 0.373 e. The van der Waals surface area contributed by atoms with Crippen molar-refractivity contribution in [1.29, 1.82) is 0 Å². The number of amides is 2. The predicted molar refractivity (Wildman–Crippen MR) is 145 cm³/mol. The minimum atomic E-state index is -0.548. The molecule has 196 valence electrons. The molecule has 2 rings (SSSR count). The van der Waals surface area contributed by atoms with Crippen LogP contribution in [0.5, 0.6) is 5.75 Å². The Kier molecular flexibility index (Phi) is 13.0. The highest BCUT2D eigenvalue weighted by atomic mass is 16.6. The van der Waals surface area contributed by atoms with Crippen LogP contribution in [-0.4, -0.2) is 39.4 Å². The Morgan fingerprint density at radius 2 is 1.67 bits per heavy atom. The summed E-state index contributed by atoms with van der Waals surface area (Å²) in [6.45, 7) is 5.53. The van der Waals surface area contributed by atoms with E-state index in [0.717, 1.165) is 42.4 Å². The molecule has 0 atom stereocenters. The van der Waals surface area contributed by atoms with E-state index >= 15 is 0 Å². The van der Waals surface area contributed by atoms with Crippen LogP contribution in [0, 0.1) is 0 Å². The van der Waals surface area contributed by atoms with Gasteiger partial charge in [-0.15, -0.1) is 0 Å².